The van der Waals surface area contributed by atoms with Crippen LogP contribution in [0.4, 0.5) is 4.39 Å². The average Bonchev–Trinajstić information content (AvgIpc) is 3.29. The van der Waals surface area contributed by atoms with Gasteiger partial charge in [0.05, 0.1) is 6.54 Å². The van der Waals surface area contributed by atoms with Crippen LogP contribution in [0.3, 0.4) is 0 Å². The molecule has 0 aliphatic carbocycles. The van der Waals surface area contributed by atoms with Crippen molar-refractivity contribution in [3.05, 3.63) is 35.1 Å². The molecule has 0 aromatic carbocycles. The summed E-state index contributed by atoms with van der Waals surface area (Å²) in [6.07, 6.45) is 6.66. The maximum Gasteiger partial charge on any atom is 0.225 e. The Bertz CT molecular complexity index is 795. The van der Waals surface area contributed by atoms with Gasteiger partial charge in [-0.25, -0.2) is 9.37 Å². The summed E-state index contributed by atoms with van der Waals surface area (Å²) in [4.78, 5) is 24.5. The van der Waals surface area contributed by atoms with Gasteiger partial charge in [0.2, 0.25) is 5.91 Å². The highest BCUT2D eigenvalue weighted by Gasteiger charge is 2.35. The number of carbonyl (C=O) groups excluding carboxylic acids is 1. The number of rotatable bonds is 3. The van der Waals surface area contributed by atoms with E-state index in [0.717, 1.165) is 35.5 Å². The molecule has 2 fully saturated rings. The van der Waals surface area contributed by atoms with Gasteiger partial charge in [-0.2, -0.15) is 0 Å². The molecule has 0 bridgehead atoms. The van der Waals surface area contributed by atoms with E-state index in [-0.39, 0.29) is 24.4 Å². The molecule has 4 rings (SSSR count). The molecule has 1 amide bonds. The first kappa shape index (κ1) is 17.5. The van der Waals surface area contributed by atoms with Crippen LogP contribution in [0, 0.1) is 12.8 Å². The number of carbonyl (C=O) groups is 1. The normalized spacial score (nSPS) is 26.2. The van der Waals surface area contributed by atoms with Crippen LogP contribution in [0.15, 0.2) is 24.7 Å². The van der Waals surface area contributed by atoms with Crippen LogP contribution >= 0.6 is 11.3 Å². The lowest BCUT2D eigenvalue weighted by molar-refractivity contribution is -0.135. The highest BCUT2D eigenvalue weighted by molar-refractivity contribution is 7.14. The van der Waals surface area contributed by atoms with E-state index in [1.54, 1.807) is 22.4 Å². The van der Waals surface area contributed by atoms with Crippen molar-refractivity contribution in [1.29, 1.82) is 0 Å². The predicted molar refractivity (Wildman–Crippen MR) is 99.6 cm³/mol. The van der Waals surface area contributed by atoms with Crippen molar-refractivity contribution < 1.29 is 9.18 Å². The minimum Gasteiger partial charge on any atom is -0.339 e. The van der Waals surface area contributed by atoms with Gasteiger partial charge in [-0.15, -0.1) is 11.3 Å². The first-order chi connectivity index (χ1) is 12.6. The van der Waals surface area contributed by atoms with Gasteiger partial charge in [0, 0.05) is 47.5 Å². The number of alkyl halides is 1. The number of aromatic nitrogens is 2. The van der Waals surface area contributed by atoms with Gasteiger partial charge in [-0.05, 0) is 44.4 Å². The Morgan fingerprint density at radius 1 is 1.38 bits per heavy atom. The number of pyridine rings is 1. The minimum atomic E-state index is -0.866. The van der Waals surface area contributed by atoms with E-state index >= 15 is 0 Å². The third-order valence-electron chi connectivity index (χ3n) is 5.27. The van der Waals surface area contributed by atoms with Crippen LogP contribution in [-0.2, 0) is 4.79 Å². The number of halogens is 1. The molecule has 7 heteroatoms. The Morgan fingerprint density at radius 3 is 3.00 bits per heavy atom. The summed E-state index contributed by atoms with van der Waals surface area (Å²) < 4.78 is 13.5. The molecule has 1 N–H and O–H groups in total. The summed E-state index contributed by atoms with van der Waals surface area (Å²) >= 11 is 1.66. The smallest absolute Gasteiger partial charge is 0.225 e. The van der Waals surface area contributed by atoms with Gasteiger partial charge in [0.25, 0.3) is 0 Å². The third-order valence-corrected chi connectivity index (χ3v) is 6.22. The summed E-state index contributed by atoms with van der Waals surface area (Å²) in [5.41, 5.74) is 2.16. The molecule has 2 saturated heterocycles. The SMILES string of the molecule is Cc1cnc(-c2ccncc2C2CC(C(=O)N3CC[C@H](F)C3)CCN2)s1. The highest BCUT2D eigenvalue weighted by atomic mass is 32.1. The largest absolute Gasteiger partial charge is 0.339 e. The monoisotopic (exact) mass is 374 g/mol. The van der Waals surface area contributed by atoms with Crippen LogP contribution in [0.25, 0.3) is 10.6 Å². The van der Waals surface area contributed by atoms with Gasteiger partial charge in [-0.3, -0.25) is 9.78 Å². The van der Waals surface area contributed by atoms with E-state index in [0.29, 0.717) is 13.0 Å². The fourth-order valence-electron chi connectivity index (χ4n) is 3.91. The van der Waals surface area contributed by atoms with Crippen LogP contribution in [0.1, 0.15) is 35.7 Å². The molecular weight excluding hydrogens is 351 g/mol. The molecule has 2 unspecified atom stereocenters. The summed E-state index contributed by atoms with van der Waals surface area (Å²) in [6.45, 7) is 3.62. The van der Waals surface area contributed by atoms with E-state index in [4.69, 9.17) is 0 Å². The second-order valence-corrected chi connectivity index (χ2v) is 8.37. The summed E-state index contributed by atoms with van der Waals surface area (Å²) in [7, 11) is 0. The van der Waals surface area contributed by atoms with Crippen molar-refractivity contribution in [1.82, 2.24) is 20.2 Å². The van der Waals surface area contributed by atoms with Crippen LogP contribution in [0.5, 0.6) is 0 Å². The van der Waals surface area contributed by atoms with E-state index in [1.165, 1.54) is 4.88 Å². The zero-order valence-electron chi connectivity index (χ0n) is 14.8. The molecule has 3 atom stereocenters. The van der Waals surface area contributed by atoms with Crippen LogP contribution in [0.2, 0.25) is 0 Å². The van der Waals surface area contributed by atoms with Gasteiger partial charge in [0.1, 0.15) is 11.2 Å². The lowest BCUT2D eigenvalue weighted by Crippen LogP contribution is -2.41. The Hall–Kier alpha value is -1.86. The van der Waals surface area contributed by atoms with E-state index in [2.05, 4.69) is 15.3 Å². The van der Waals surface area contributed by atoms with Crippen LogP contribution < -0.4 is 5.32 Å². The maximum absolute atomic E-state index is 13.5. The number of piperidine rings is 1. The van der Waals surface area contributed by atoms with Crippen molar-refractivity contribution >= 4 is 17.2 Å². The molecule has 0 radical (unpaired) electrons. The van der Waals surface area contributed by atoms with Crippen LogP contribution in [-0.4, -0.2) is 46.6 Å². The number of nitrogens with zero attached hydrogens (tertiary/aromatic N) is 3. The van der Waals surface area contributed by atoms with E-state index < -0.39 is 6.17 Å². The van der Waals surface area contributed by atoms with Gasteiger partial charge >= 0.3 is 0 Å². The second-order valence-electron chi connectivity index (χ2n) is 7.14. The lowest BCUT2D eigenvalue weighted by Gasteiger charge is -2.32. The first-order valence-electron chi connectivity index (χ1n) is 9.15. The van der Waals surface area contributed by atoms with E-state index in [9.17, 15) is 9.18 Å². The molecule has 2 aromatic rings. The molecule has 4 heterocycles. The molecule has 0 spiro atoms. The average molecular weight is 374 g/mol. The standard InChI is InChI=1S/C19H23FN4OS/c1-12-9-23-18(26-12)15-3-5-21-10-16(15)17-8-13(2-6-22-17)19(25)24-7-4-14(20)11-24/h3,5,9-10,13-14,17,22H,2,4,6-8,11H2,1H3/t13?,14-,17?/m0/s1. The number of thiazole rings is 1. The number of nitrogens with one attached hydrogen (secondary N) is 1. The molecule has 2 aliphatic rings. The van der Waals surface area contributed by atoms with Gasteiger partial charge < -0.3 is 10.2 Å². The zero-order valence-corrected chi connectivity index (χ0v) is 15.6. The molecule has 2 aliphatic heterocycles. The predicted octanol–water partition coefficient (Wildman–Crippen LogP) is 3.12. The molecule has 26 heavy (non-hydrogen) atoms. The summed E-state index contributed by atoms with van der Waals surface area (Å²) in [5.74, 6) is 0.0461. The second kappa shape index (κ2) is 7.40. The molecule has 5 nitrogen and oxygen atoms in total. The fraction of sp³-hybridized carbons (Fsp3) is 0.526. The Morgan fingerprint density at radius 2 is 2.27 bits per heavy atom. The van der Waals surface area contributed by atoms with Crippen molar-refractivity contribution in [3.8, 4) is 10.6 Å². The Kier molecular flexibility index (Phi) is 5.00. The number of amides is 1. The van der Waals surface area contributed by atoms with Crippen molar-refractivity contribution in [2.24, 2.45) is 5.92 Å². The molecule has 2 aromatic heterocycles. The topological polar surface area (TPSA) is 58.1 Å². The summed E-state index contributed by atoms with van der Waals surface area (Å²) in [5, 5.41) is 4.51. The third kappa shape index (κ3) is 3.50. The van der Waals surface area contributed by atoms with Crippen molar-refractivity contribution in [2.45, 2.75) is 38.4 Å². The van der Waals surface area contributed by atoms with Crippen molar-refractivity contribution in [2.75, 3.05) is 19.6 Å². The van der Waals surface area contributed by atoms with E-state index in [1.807, 2.05) is 25.4 Å². The molecule has 138 valence electrons. The van der Waals surface area contributed by atoms with Crippen molar-refractivity contribution in [3.63, 3.8) is 0 Å². The number of aryl methyl sites for hydroxylation is 1. The highest BCUT2D eigenvalue weighted by Crippen LogP contribution is 2.36. The fourth-order valence-corrected chi connectivity index (χ4v) is 4.72. The number of hydrogen-bond acceptors (Lipinski definition) is 5. The van der Waals surface area contributed by atoms with Gasteiger partial charge in [0.15, 0.2) is 0 Å². The maximum atomic E-state index is 13.5. The van der Waals surface area contributed by atoms with Gasteiger partial charge in [-0.1, -0.05) is 0 Å². The lowest BCUT2D eigenvalue weighted by atomic mass is 9.87. The molecule has 0 saturated carbocycles. The quantitative estimate of drug-likeness (QED) is 0.897. The number of likely N-dealkylation sites (tertiary alicyclic amines) is 1. The first-order valence-corrected chi connectivity index (χ1v) is 9.96. The Balaban J connectivity index is 1.54. The zero-order chi connectivity index (χ0) is 18.1. The molecular formula is C19H23FN4OS. The Labute approximate surface area is 156 Å². The summed E-state index contributed by atoms with van der Waals surface area (Å²) in [6, 6.07) is 2.06. The number of hydrogen-bond donors (Lipinski definition) is 1. The minimum absolute atomic E-state index is 0.0577.